The molecule has 0 fully saturated rings. The monoisotopic (exact) mass is 262 g/mol. The van der Waals surface area contributed by atoms with Crippen molar-refractivity contribution in [2.75, 3.05) is 32.3 Å². The Kier molecular flexibility index (Phi) is 10.7. The van der Waals surface area contributed by atoms with Crippen LogP contribution in [0.25, 0.3) is 0 Å². The maximum atomic E-state index is 11.7. The molecule has 0 aliphatic carbocycles. The molecular formula is C12H26N2O2S. The molecule has 5 heteroatoms. The number of hydrogen-bond donors (Lipinski definition) is 2. The van der Waals surface area contributed by atoms with Crippen LogP contribution in [0.5, 0.6) is 0 Å². The predicted molar refractivity (Wildman–Crippen MR) is 74.6 cm³/mol. The van der Waals surface area contributed by atoms with Gasteiger partial charge in [0.1, 0.15) is 0 Å². The van der Waals surface area contributed by atoms with Crippen LogP contribution < -0.4 is 10.6 Å². The van der Waals surface area contributed by atoms with Crippen LogP contribution >= 0.6 is 11.8 Å². The van der Waals surface area contributed by atoms with Gasteiger partial charge in [0.2, 0.25) is 5.91 Å². The molecule has 102 valence electrons. The van der Waals surface area contributed by atoms with Gasteiger partial charge in [-0.2, -0.15) is 11.8 Å². The smallest absolute Gasteiger partial charge is 0.236 e. The summed E-state index contributed by atoms with van der Waals surface area (Å²) in [7, 11) is 1.67. The molecular weight excluding hydrogens is 236 g/mol. The molecule has 0 saturated carbocycles. The molecule has 17 heavy (non-hydrogen) atoms. The highest BCUT2D eigenvalue weighted by Crippen LogP contribution is 2.02. The Morgan fingerprint density at radius 1 is 1.47 bits per heavy atom. The van der Waals surface area contributed by atoms with Gasteiger partial charge in [-0.1, -0.05) is 6.92 Å². The zero-order valence-corrected chi connectivity index (χ0v) is 12.2. The standard InChI is InChI=1S/C12H26N2O2S/c1-5-11(9-17-4)14-10(2)12(15)13-7-6-8-16-3/h10-11,14H,5-9H2,1-4H3,(H,13,15). The van der Waals surface area contributed by atoms with E-state index in [-0.39, 0.29) is 11.9 Å². The van der Waals surface area contributed by atoms with Crippen molar-refractivity contribution in [1.29, 1.82) is 0 Å². The lowest BCUT2D eigenvalue weighted by molar-refractivity contribution is -0.122. The number of methoxy groups -OCH3 is 1. The molecule has 0 spiro atoms. The SMILES string of the molecule is CCC(CSC)NC(C)C(=O)NCCCOC. The predicted octanol–water partition coefficient (Wildman–Crippen LogP) is 1.26. The molecule has 0 saturated heterocycles. The molecule has 0 rings (SSSR count). The second-order valence-electron chi connectivity index (χ2n) is 4.09. The fraction of sp³-hybridized carbons (Fsp3) is 0.917. The third-order valence-corrected chi connectivity index (χ3v) is 3.30. The minimum absolute atomic E-state index is 0.0701. The van der Waals surface area contributed by atoms with E-state index in [1.165, 1.54) is 0 Å². The second kappa shape index (κ2) is 10.9. The summed E-state index contributed by atoms with van der Waals surface area (Å²) in [5.41, 5.74) is 0. The Bertz CT molecular complexity index is 203. The number of hydrogen-bond acceptors (Lipinski definition) is 4. The minimum Gasteiger partial charge on any atom is -0.385 e. The Labute approximate surface area is 109 Å². The van der Waals surface area contributed by atoms with E-state index in [2.05, 4.69) is 23.8 Å². The van der Waals surface area contributed by atoms with Gasteiger partial charge in [0.15, 0.2) is 0 Å². The Morgan fingerprint density at radius 2 is 2.18 bits per heavy atom. The largest absolute Gasteiger partial charge is 0.385 e. The topological polar surface area (TPSA) is 50.4 Å². The first-order chi connectivity index (χ1) is 8.15. The molecule has 0 aromatic rings. The first-order valence-electron chi connectivity index (χ1n) is 6.17. The van der Waals surface area contributed by atoms with Crippen LogP contribution in [0.4, 0.5) is 0 Å². The number of thioether (sulfide) groups is 1. The summed E-state index contributed by atoms with van der Waals surface area (Å²) in [6.07, 6.45) is 3.99. The summed E-state index contributed by atoms with van der Waals surface area (Å²) in [5.74, 6) is 1.11. The van der Waals surface area contributed by atoms with Gasteiger partial charge in [-0.05, 0) is 26.0 Å². The van der Waals surface area contributed by atoms with Gasteiger partial charge in [0.25, 0.3) is 0 Å². The fourth-order valence-corrected chi connectivity index (χ4v) is 2.23. The van der Waals surface area contributed by atoms with Crippen LogP contribution in [-0.2, 0) is 9.53 Å². The zero-order valence-electron chi connectivity index (χ0n) is 11.4. The van der Waals surface area contributed by atoms with Crippen LogP contribution in [0, 0.1) is 0 Å². The van der Waals surface area contributed by atoms with Crippen molar-refractivity contribution in [2.24, 2.45) is 0 Å². The van der Waals surface area contributed by atoms with E-state index < -0.39 is 0 Å². The van der Waals surface area contributed by atoms with E-state index in [4.69, 9.17) is 4.74 Å². The first-order valence-corrected chi connectivity index (χ1v) is 7.56. The molecule has 0 aliphatic rings. The highest BCUT2D eigenvalue weighted by Gasteiger charge is 2.15. The molecule has 0 radical (unpaired) electrons. The lowest BCUT2D eigenvalue weighted by Crippen LogP contribution is -2.47. The molecule has 2 N–H and O–H groups in total. The molecule has 0 heterocycles. The van der Waals surface area contributed by atoms with Gasteiger partial charge in [0, 0.05) is 32.1 Å². The van der Waals surface area contributed by atoms with E-state index in [0.29, 0.717) is 19.2 Å². The van der Waals surface area contributed by atoms with Crippen LogP contribution in [0.1, 0.15) is 26.7 Å². The molecule has 0 aromatic carbocycles. The highest BCUT2D eigenvalue weighted by atomic mass is 32.2. The van der Waals surface area contributed by atoms with Crippen molar-refractivity contribution in [3.05, 3.63) is 0 Å². The van der Waals surface area contributed by atoms with Crippen LogP contribution in [0.3, 0.4) is 0 Å². The average Bonchev–Trinajstić information content (AvgIpc) is 2.33. The lowest BCUT2D eigenvalue weighted by Gasteiger charge is -2.21. The van der Waals surface area contributed by atoms with Crippen LogP contribution in [-0.4, -0.2) is 50.3 Å². The molecule has 0 aliphatic heterocycles. The maximum Gasteiger partial charge on any atom is 0.236 e. The van der Waals surface area contributed by atoms with Crippen LogP contribution in [0.15, 0.2) is 0 Å². The lowest BCUT2D eigenvalue weighted by atomic mass is 10.2. The third kappa shape index (κ3) is 8.46. The van der Waals surface area contributed by atoms with Gasteiger partial charge in [0.05, 0.1) is 6.04 Å². The van der Waals surface area contributed by atoms with Crippen molar-refractivity contribution < 1.29 is 9.53 Å². The molecule has 2 atom stereocenters. The third-order valence-electron chi connectivity index (χ3n) is 2.56. The quantitative estimate of drug-likeness (QED) is 0.582. The minimum atomic E-state index is -0.130. The summed E-state index contributed by atoms with van der Waals surface area (Å²) in [4.78, 5) is 11.7. The zero-order chi connectivity index (χ0) is 13.1. The highest BCUT2D eigenvalue weighted by molar-refractivity contribution is 7.98. The van der Waals surface area contributed by atoms with Crippen molar-refractivity contribution in [3.63, 3.8) is 0 Å². The van der Waals surface area contributed by atoms with E-state index >= 15 is 0 Å². The van der Waals surface area contributed by atoms with Gasteiger partial charge in [-0.25, -0.2) is 0 Å². The normalized spacial score (nSPS) is 14.4. The van der Waals surface area contributed by atoms with Gasteiger partial charge in [-0.3, -0.25) is 4.79 Å². The summed E-state index contributed by atoms with van der Waals surface area (Å²) < 4.78 is 4.93. The van der Waals surface area contributed by atoms with Crippen molar-refractivity contribution >= 4 is 17.7 Å². The molecule has 0 aromatic heterocycles. The van der Waals surface area contributed by atoms with E-state index in [0.717, 1.165) is 18.6 Å². The van der Waals surface area contributed by atoms with Gasteiger partial charge < -0.3 is 15.4 Å². The molecule has 0 bridgehead atoms. The number of rotatable bonds is 10. The fourth-order valence-electron chi connectivity index (χ4n) is 1.50. The van der Waals surface area contributed by atoms with E-state index in [1.807, 2.05) is 6.92 Å². The summed E-state index contributed by atoms with van der Waals surface area (Å²) in [6.45, 7) is 5.41. The molecule has 4 nitrogen and oxygen atoms in total. The van der Waals surface area contributed by atoms with Crippen molar-refractivity contribution in [2.45, 2.75) is 38.8 Å². The molecule has 2 unspecified atom stereocenters. The number of amides is 1. The van der Waals surface area contributed by atoms with Crippen LogP contribution in [0.2, 0.25) is 0 Å². The Hall–Kier alpha value is -0.260. The number of carbonyl (C=O) groups is 1. The first kappa shape index (κ1) is 16.7. The van der Waals surface area contributed by atoms with Gasteiger partial charge in [-0.15, -0.1) is 0 Å². The van der Waals surface area contributed by atoms with E-state index in [1.54, 1.807) is 18.9 Å². The Balaban J connectivity index is 3.78. The maximum absolute atomic E-state index is 11.7. The average molecular weight is 262 g/mol. The Morgan fingerprint density at radius 3 is 2.71 bits per heavy atom. The number of carbonyl (C=O) groups excluding carboxylic acids is 1. The second-order valence-corrected chi connectivity index (χ2v) is 5.00. The van der Waals surface area contributed by atoms with Gasteiger partial charge >= 0.3 is 0 Å². The van der Waals surface area contributed by atoms with Crippen molar-refractivity contribution in [1.82, 2.24) is 10.6 Å². The van der Waals surface area contributed by atoms with Crippen molar-refractivity contribution in [3.8, 4) is 0 Å². The van der Waals surface area contributed by atoms with E-state index in [9.17, 15) is 4.79 Å². The number of ether oxygens (including phenoxy) is 1. The number of nitrogens with one attached hydrogen (secondary N) is 2. The summed E-state index contributed by atoms with van der Waals surface area (Å²) in [6, 6.07) is 0.277. The summed E-state index contributed by atoms with van der Waals surface area (Å²) in [5, 5.41) is 6.24. The molecule has 1 amide bonds. The summed E-state index contributed by atoms with van der Waals surface area (Å²) >= 11 is 1.80.